The number of benzene rings is 1. The third-order valence-corrected chi connectivity index (χ3v) is 6.05. The first kappa shape index (κ1) is 23.7. The number of hydrogen-bond donors (Lipinski definition) is 3. The number of nitrogens with zero attached hydrogens (tertiary/aromatic N) is 4. The molecule has 10 nitrogen and oxygen atoms in total. The van der Waals surface area contributed by atoms with Crippen LogP contribution >= 0.6 is 0 Å². The molecule has 1 fully saturated rings. The summed E-state index contributed by atoms with van der Waals surface area (Å²) in [5, 5.41) is 2.72. The molecule has 1 aliphatic heterocycles. The minimum atomic E-state index is -0.731. The van der Waals surface area contributed by atoms with E-state index in [1.807, 2.05) is 4.90 Å². The van der Waals surface area contributed by atoms with Gasteiger partial charge in [0.1, 0.15) is 11.5 Å². The fourth-order valence-electron chi connectivity index (χ4n) is 4.25. The summed E-state index contributed by atoms with van der Waals surface area (Å²) in [6, 6.07) is 11.5. The van der Waals surface area contributed by atoms with Gasteiger partial charge in [0, 0.05) is 30.8 Å². The molecular weight excluding hydrogens is 446 g/mol. The maximum absolute atomic E-state index is 12.6. The van der Waals surface area contributed by atoms with Crippen molar-refractivity contribution in [2.45, 2.75) is 32.2 Å². The monoisotopic (exact) mass is 473 g/mol. The number of primary amides is 1. The number of likely N-dealkylation sites (tertiary alicyclic amines) is 1. The molecule has 5 N–H and O–H groups in total. The summed E-state index contributed by atoms with van der Waals surface area (Å²) in [7, 11) is 0. The van der Waals surface area contributed by atoms with Crippen LogP contribution in [0.25, 0.3) is 11.3 Å². The molecule has 1 saturated heterocycles. The van der Waals surface area contributed by atoms with Gasteiger partial charge in [0.05, 0.1) is 11.7 Å². The molecular formula is C25H27N7O3. The number of allylic oxidation sites excluding steroid dienone is 1. The Labute approximate surface area is 202 Å². The number of nitrogen functional groups attached to an aromatic ring is 1. The van der Waals surface area contributed by atoms with E-state index in [-0.39, 0.29) is 23.4 Å². The predicted octanol–water partition coefficient (Wildman–Crippen LogP) is 2.64. The summed E-state index contributed by atoms with van der Waals surface area (Å²) < 4.78 is 1.20. The Kier molecular flexibility index (Phi) is 6.63. The first-order chi connectivity index (χ1) is 16.8. The summed E-state index contributed by atoms with van der Waals surface area (Å²) in [5.41, 5.74) is 7.38. The molecule has 3 heterocycles. The number of carbonyl (C=O) groups excluding carboxylic acids is 3. The second kappa shape index (κ2) is 9.80. The normalized spacial score (nSPS) is 15.5. The molecule has 10 heteroatoms. The largest absolute Gasteiger partial charge is 0.364 e. The smallest absolute Gasteiger partial charge is 0.269 e. The van der Waals surface area contributed by atoms with Crippen molar-refractivity contribution in [1.82, 2.24) is 19.5 Å². The molecule has 4 rings (SSSR count). The van der Waals surface area contributed by atoms with E-state index >= 15 is 0 Å². The van der Waals surface area contributed by atoms with Crippen LogP contribution in [0, 0.1) is 0 Å². The van der Waals surface area contributed by atoms with Crippen LogP contribution in [-0.4, -0.2) is 43.7 Å². The summed E-state index contributed by atoms with van der Waals surface area (Å²) >= 11 is 0. The van der Waals surface area contributed by atoms with Gasteiger partial charge in [-0.2, -0.15) is 0 Å². The maximum atomic E-state index is 12.6. The first-order valence-corrected chi connectivity index (χ1v) is 11.2. The number of anilines is 1. The molecule has 3 aromatic rings. The molecule has 0 spiro atoms. The number of amides is 2. The Morgan fingerprint density at radius 2 is 1.86 bits per heavy atom. The Morgan fingerprint density at radius 3 is 2.49 bits per heavy atom. The highest BCUT2D eigenvalue weighted by Gasteiger charge is 2.33. The molecule has 0 radical (unpaired) electrons. The summed E-state index contributed by atoms with van der Waals surface area (Å²) in [5.74, 6) is 5.99. The van der Waals surface area contributed by atoms with Gasteiger partial charge in [-0.25, -0.2) is 14.6 Å². The van der Waals surface area contributed by atoms with Gasteiger partial charge in [-0.3, -0.25) is 14.4 Å². The van der Waals surface area contributed by atoms with Crippen LogP contribution in [0.1, 0.15) is 58.9 Å². The van der Waals surface area contributed by atoms with E-state index < -0.39 is 5.91 Å². The topological polar surface area (TPSA) is 149 Å². The highest BCUT2D eigenvalue weighted by molar-refractivity contribution is 6.04. The number of rotatable bonds is 7. The van der Waals surface area contributed by atoms with Gasteiger partial charge in [0.25, 0.3) is 11.8 Å². The number of carbonyl (C=O) groups is 3. The number of nitrogens with two attached hydrogens (primary N) is 2. The third kappa shape index (κ3) is 4.77. The SMILES string of the molecule is C=C(C(C)=O)N1CCCC[C@H]1c1nc(-c2ccc(C(=O)Nc3ccccn3)cc2)c(C(N)=O)n1N. The zero-order chi connectivity index (χ0) is 25.1. The number of pyridine rings is 1. The minimum Gasteiger partial charge on any atom is -0.364 e. The third-order valence-electron chi connectivity index (χ3n) is 6.05. The van der Waals surface area contributed by atoms with E-state index in [1.165, 1.54) is 11.6 Å². The van der Waals surface area contributed by atoms with Gasteiger partial charge in [0.2, 0.25) is 0 Å². The highest BCUT2D eigenvalue weighted by Crippen LogP contribution is 2.35. The van der Waals surface area contributed by atoms with E-state index in [0.29, 0.717) is 47.1 Å². The first-order valence-electron chi connectivity index (χ1n) is 11.2. The van der Waals surface area contributed by atoms with Crippen molar-refractivity contribution in [1.29, 1.82) is 0 Å². The lowest BCUT2D eigenvalue weighted by Crippen LogP contribution is -2.37. The Bertz CT molecular complexity index is 1280. The minimum absolute atomic E-state index is 0.0460. The maximum Gasteiger partial charge on any atom is 0.269 e. The van der Waals surface area contributed by atoms with E-state index in [9.17, 15) is 14.4 Å². The Morgan fingerprint density at radius 1 is 1.11 bits per heavy atom. The zero-order valence-corrected chi connectivity index (χ0v) is 19.4. The van der Waals surface area contributed by atoms with Crippen LogP contribution < -0.4 is 16.9 Å². The van der Waals surface area contributed by atoms with Gasteiger partial charge >= 0.3 is 0 Å². The molecule has 0 bridgehead atoms. The molecule has 1 aliphatic rings. The van der Waals surface area contributed by atoms with Crippen molar-refractivity contribution in [2.75, 3.05) is 17.7 Å². The van der Waals surface area contributed by atoms with Crippen LogP contribution in [0.3, 0.4) is 0 Å². The molecule has 1 atom stereocenters. The number of aromatic nitrogens is 3. The number of nitrogens with one attached hydrogen (secondary N) is 1. The van der Waals surface area contributed by atoms with Crippen LogP contribution in [0.2, 0.25) is 0 Å². The highest BCUT2D eigenvalue weighted by atomic mass is 16.2. The standard InChI is InChI=1S/C25H27N7O3/c1-15(16(2)33)31-14-6-4-7-19(31)24-30-21(22(23(26)34)32(24)27)17-9-11-18(12-10-17)25(35)29-20-8-3-5-13-28-20/h3,5,8-13,19H,1,4,6-7,14,27H2,2H3,(H2,26,34)(H,28,29,35)/t19-/m0/s1. The number of ketones is 1. The Balaban J connectivity index is 1.67. The number of imidazole rings is 1. The van der Waals surface area contributed by atoms with Crippen molar-refractivity contribution in [3.63, 3.8) is 0 Å². The summed E-state index contributed by atoms with van der Waals surface area (Å²) in [6.07, 6.45) is 4.11. The van der Waals surface area contributed by atoms with Crippen molar-refractivity contribution in [3.05, 3.63) is 78.0 Å². The van der Waals surface area contributed by atoms with Crippen LogP contribution in [0.5, 0.6) is 0 Å². The molecule has 2 aromatic heterocycles. The van der Waals surface area contributed by atoms with Gasteiger partial charge in [-0.15, -0.1) is 0 Å². The van der Waals surface area contributed by atoms with Crippen LogP contribution in [0.4, 0.5) is 5.82 Å². The van der Waals surface area contributed by atoms with Gasteiger partial charge in [0.15, 0.2) is 17.3 Å². The molecule has 180 valence electrons. The average Bonchev–Trinajstić information content (AvgIpc) is 3.21. The fourth-order valence-corrected chi connectivity index (χ4v) is 4.25. The van der Waals surface area contributed by atoms with Gasteiger partial charge in [-0.1, -0.05) is 24.8 Å². The van der Waals surface area contributed by atoms with Crippen LogP contribution in [-0.2, 0) is 4.79 Å². The number of piperidine rings is 1. The number of hydrogen-bond acceptors (Lipinski definition) is 7. The van der Waals surface area contributed by atoms with Gasteiger partial charge in [-0.05, 0) is 43.5 Å². The van der Waals surface area contributed by atoms with E-state index in [2.05, 4.69) is 16.9 Å². The second-order valence-corrected chi connectivity index (χ2v) is 8.36. The molecule has 1 aromatic carbocycles. The second-order valence-electron chi connectivity index (χ2n) is 8.36. The lowest BCUT2D eigenvalue weighted by atomic mass is 10.00. The van der Waals surface area contributed by atoms with E-state index in [0.717, 1.165) is 12.8 Å². The van der Waals surface area contributed by atoms with Crippen molar-refractivity contribution in [2.24, 2.45) is 5.73 Å². The van der Waals surface area contributed by atoms with Gasteiger partial charge < -0.3 is 21.8 Å². The number of Topliss-reactive ketones (excluding diaryl/α,β-unsaturated/α-hetero) is 1. The summed E-state index contributed by atoms with van der Waals surface area (Å²) in [4.78, 5) is 47.6. The quantitative estimate of drug-likeness (QED) is 0.353. The summed E-state index contributed by atoms with van der Waals surface area (Å²) in [6.45, 7) is 6.03. The molecule has 0 unspecified atom stereocenters. The lowest BCUT2D eigenvalue weighted by molar-refractivity contribution is -0.115. The van der Waals surface area contributed by atoms with E-state index in [1.54, 1.807) is 48.7 Å². The average molecular weight is 474 g/mol. The predicted molar refractivity (Wildman–Crippen MR) is 132 cm³/mol. The molecule has 0 aliphatic carbocycles. The molecule has 2 amide bonds. The molecule has 0 saturated carbocycles. The zero-order valence-electron chi connectivity index (χ0n) is 19.4. The van der Waals surface area contributed by atoms with Crippen molar-refractivity contribution < 1.29 is 14.4 Å². The lowest BCUT2D eigenvalue weighted by Gasteiger charge is -2.37. The van der Waals surface area contributed by atoms with Crippen molar-refractivity contribution in [3.8, 4) is 11.3 Å². The Hall–Kier alpha value is -4.47. The molecule has 35 heavy (non-hydrogen) atoms. The van der Waals surface area contributed by atoms with Crippen molar-refractivity contribution >= 4 is 23.4 Å². The fraction of sp³-hybridized carbons (Fsp3) is 0.240. The van der Waals surface area contributed by atoms with Crippen LogP contribution in [0.15, 0.2) is 60.9 Å². The van der Waals surface area contributed by atoms with E-state index in [4.69, 9.17) is 16.6 Å².